The molecule has 0 radical (unpaired) electrons. The van der Waals surface area contributed by atoms with Crippen molar-refractivity contribution >= 4 is 6.29 Å². The smallest absolute Gasteiger partial charge is 0.119 e. The van der Waals surface area contributed by atoms with Crippen LogP contribution in [0.3, 0.4) is 0 Å². The Hall–Kier alpha value is -0.370. The molecule has 2 aliphatic rings. The van der Waals surface area contributed by atoms with Crippen LogP contribution >= 0.6 is 0 Å². The highest BCUT2D eigenvalue weighted by atomic mass is 16.6. The van der Waals surface area contributed by atoms with Gasteiger partial charge in [0.2, 0.25) is 0 Å². The van der Waals surface area contributed by atoms with Gasteiger partial charge in [-0.1, -0.05) is 58.3 Å². The van der Waals surface area contributed by atoms with Gasteiger partial charge in [-0.3, -0.25) is 0 Å². The molecule has 1 heterocycles. The van der Waals surface area contributed by atoms with Gasteiger partial charge in [-0.25, -0.2) is 0 Å². The zero-order valence-corrected chi connectivity index (χ0v) is 13.9. The molecule has 0 N–H and O–H groups in total. The fraction of sp³-hybridized carbons (Fsp3) is 0.947. The molecule has 1 aliphatic carbocycles. The van der Waals surface area contributed by atoms with E-state index < -0.39 is 0 Å². The average molecular weight is 294 g/mol. The van der Waals surface area contributed by atoms with Crippen LogP contribution in [0, 0.1) is 11.8 Å². The molecule has 0 aromatic heterocycles. The van der Waals surface area contributed by atoms with E-state index in [-0.39, 0.29) is 0 Å². The van der Waals surface area contributed by atoms with E-state index in [1.165, 1.54) is 70.6 Å². The van der Waals surface area contributed by atoms with Crippen molar-refractivity contribution in [3.05, 3.63) is 0 Å². The number of ether oxygens (including phenoxy) is 1. The molecule has 0 amide bonds. The Morgan fingerprint density at radius 2 is 1.67 bits per heavy atom. The molecule has 0 aromatic carbocycles. The number of carbonyl (C=O) groups is 1. The third-order valence-corrected chi connectivity index (χ3v) is 5.28. The summed E-state index contributed by atoms with van der Waals surface area (Å²) in [4.78, 5) is 10.2. The maximum Gasteiger partial charge on any atom is 0.119 e. The average Bonchev–Trinajstić information content (AvgIpc) is 3.39. The molecule has 0 bridgehead atoms. The third kappa shape index (κ3) is 6.95. The minimum absolute atomic E-state index is 0.621. The zero-order valence-electron chi connectivity index (χ0n) is 13.9. The number of rotatable bonds is 14. The quantitative estimate of drug-likeness (QED) is 0.247. The summed E-state index contributed by atoms with van der Waals surface area (Å²) >= 11 is 0. The van der Waals surface area contributed by atoms with Crippen LogP contribution in [0.25, 0.3) is 0 Å². The summed E-state index contributed by atoms with van der Waals surface area (Å²) in [5.74, 6) is 2.00. The molecule has 21 heavy (non-hydrogen) atoms. The number of carbonyl (C=O) groups excluding carboxylic acids is 1. The maximum absolute atomic E-state index is 10.2. The fourth-order valence-electron chi connectivity index (χ4n) is 3.65. The van der Waals surface area contributed by atoms with Crippen molar-refractivity contribution in [1.82, 2.24) is 0 Å². The van der Waals surface area contributed by atoms with Crippen LogP contribution in [0.5, 0.6) is 0 Å². The normalized spacial score (nSPS) is 30.3. The zero-order chi connectivity index (χ0) is 14.9. The summed E-state index contributed by atoms with van der Waals surface area (Å²) in [5.41, 5.74) is 0. The van der Waals surface area contributed by atoms with Crippen LogP contribution < -0.4 is 0 Å². The molecule has 0 spiro atoms. The van der Waals surface area contributed by atoms with Crippen molar-refractivity contribution in [2.45, 2.75) is 103 Å². The minimum Gasteiger partial charge on any atom is -0.370 e. The van der Waals surface area contributed by atoms with Crippen molar-refractivity contribution in [1.29, 1.82) is 0 Å². The number of hydrogen-bond acceptors (Lipinski definition) is 2. The lowest BCUT2D eigenvalue weighted by Gasteiger charge is -2.00. The van der Waals surface area contributed by atoms with E-state index in [0.717, 1.165) is 31.0 Å². The number of hydrogen-bond donors (Lipinski definition) is 0. The lowest BCUT2D eigenvalue weighted by molar-refractivity contribution is -0.107. The first-order chi connectivity index (χ1) is 10.3. The molecule has 1 saturated carbocycles. The highest BCUT2D eigenvalue weighted by Crippen LogP contribution is 2.49. The second-order valence-electron chi connectivity index (χ2n) is 7.21. The monoisotopic (exact) mass is 294 g/mol. The molecule has 2 nitrogen and oxygen atoms in total. The van der Waals surface area contributed by atoms with Crippen molar-refractivity contribution in [2.75, 3.05) is 0 Å². The third-order valence-electron chi connectivity index (χ3n) is 5.28. The molecule has 2 fully saturated rings. The highest BCUT2D eigenvalue weighted by molar-refractivity contribution is 5.48. The van der Waals surface area contributed by atoms with Gasteiger partial charge in [-0.05, 0) is 37.5 Å². The molecule has 122 valence electrons. The van der Waals surface area contributed by atoms with Gasteiger partial charge in [-0.2, -0.15) is 0 Å². The summed E-state index contributed by atoms with van der Waals surface area (Å²) < 4.78 is 5.81. The number of epoxide rings is 1. The lowest BCUT2D eigenvalue weighted by Crippen LogP contribution is -1.97. The van der Waals surface area contributed by atoms with Crippen molar-refractivity contribution in [2.24, 2.45) is 11.8 Å². The number of unbranched alkanes of at least 4 members (excludes halogenated alkanes) is 7. The van der Waals surface area contributed by atoms with Crippen LogP contribution in [0.2, 0.25) is 0 Å². The molecule has 4 unspecified atom stereocenters. The number of aldehydes is 1. The summed E-state index contributed by atoms with van der Waals surface area (Å²) in [6.07, 6.45) is 19.0. The van der Waals surface area contributed by atoms with Gasteiger partial charge < -0.3 is 9.53 Å². The largest absolute Gasteiger partial charge is 0.370 e. The topological polar surface area (TPSA) is 29.6 Å². The first-order valence-electron chi connectivity index (χ1n) is 9.44. The maximum atomic E-state index is 10.2. The van der Waals surface area contributed by atoms with Crippen LogP contribution in [0.15, 0.2) is 0 Å². The Morgan fingerprint density at radius 3 is 2.48 bits per heavy atom. The second-order valence-corrected chi connectivity index (χ2v) is 7.21. The van der Waals surface area contributed by atoms with Gasteiger partial charge >= 0.3 is 0 Å². The Morgan fingerprint density at radius 1 is 0.905 bits per heavy atom. The SMILES string of the molecule is CCCCCC1OC1CC1CC1CCCCCCCC=O. The Labute approximate surface area is 131 Å². The minimum atomic E-state index is 0.621. The van der Waals surface area contributed by atoms with Crippen LogP contribution in [-0.2, 0) is 9.53 Å². The van der Waals surface area contributed by atoms with E-state index in [1.807, 2.05) is 0 Å². The van der Waals surface area contributed by atoms with Crippen molar-refractivity contribution in [3.8, 4) is 0 Å². The summed E-state index contributed by atoms with van der Waals surface area (Å²) in [6.45, 7) is 2.27. The summed E-state index contributed by atoms with van der Waals surface area (Å²) in [5, 5.41) is 0. The predicted molar refractivity (Wildman–Crippen MR) is 87.4 cm³/mol. The summed E-state index contributed by atoms with van der Waals surface area (Å²) in [7, 11) is 0. The first-order valence-corrected chi connectivity index (χ1v) is 9.44. The van der Waals surface area contributed by atoms with Crippen LogP contribution in [-0.4, -0.2) is 18.5 Å². The van der Waals surface area contributed by atoms with Crippen LogP contribution in [0.1, 0.15) is 90.4 Å². The van der Waals surface area contributed by atoms with Gasteiger partial charge in [0.05, 0.1) is 12.2 Å². The van der Waals surface area contributed by atoms with Gasteiger partial charge in [0.1, 0.15) is 6.29 Å². The van der Waals surface area contributed by atoms with Crippen molar-refractivity contribution in [3.63, 3.8) is 0 Å². The molecule has 1 aliphatic heterocycles. The molecule has 0 aromatic rings. The van der Waals surface area contributed by atoms with Gasteiger partial charge in [0.25, 0.3) is 0 Å². The Balaban J connectivity index is 1.37. The summed E-state index contributed by atoms with van der Waals surface area (Å²) in [6, 6.07) is 0. The molecule has 2 heteroatoms. The highest BCUT2D eigenvalue weighted by Gasteiger charge is 2.45. The standard InChI is InChI=1S/C19H34O2/c1-2-3-8-12-18-19(21-18)15-17-14-16(17)11-9-6-4-5-7-10-13-20/h13,16-19H,2-12,14-15H2,1H3. The fourth-order valence-corrected chi connectivity index (χ4v) is 3.65. The van der Waals surface area contributed by atoms with Gasteiger partial charge in [0.15, 0.2) is 0 Å². The molecule has 1 saturated heterocycles. The Kier molecular flexibility index (Phi) is 7.77. The van der Waals surface area contributed by atoms with Gasteiger partial charge in [-0.15, -0.1) is 0 Å². The predicted octanol–water partition coefficient (Wildman–Crippen LogP) is 5.29. The van der Waals surface area contributed by atoms with E-state index in [0.29, 0.717) is 12.2 Å². The Bertz CT molecular complexity index is 289. The van der Waals surface area contributed by atoms with E-state index in [2.05, 4.69) is 6.92 Å². The molecule has 4 atom stereocenters. The lowest BCUT2D eigenvalue weighted by atomic mass is 10.0. The van der Waals surface area contributed by atoms with Crippen LogP contribution in [0.4, 0.5) is 0 Å². The molecular weight excluding hydrogens is 260 g/mol. The van der Waals surface area contributed by atoms with E-state index in [4.69, 9.17) is 4.74 Å². The van der Waals surface area contributed by atoms with Gasteiger partial charge in [0, 0.05) is 6.42 Å². The van der Waals surface area contributed by atoms with E-state index >= 15 is 0 Å². The molecular formula is C19H34O2. The molecule has 2 rings (SSSR count). The first kappa shape index (κ1) is 17.0. The van der Waals surface area contributed by atoms with E-state index in [1.54, 1.807) is 0 Å². The van der Waals surface area contributed by atoms with Crippen molar-refractivity contribution < 1.29 is 9.53 Å². The second kappa shape index (κ2) is 9.61. The van der Waals surface area contributed by atoms with E-state index in [9.17, 15) is 4.79 Å².